The Labute approximate surface area is 109 Å². The van der Waals surface area contributed by atoms with Crippen molar-refractivity contribution in [3.8, 4) is 11.5 Å². The molecule has 1 N–H and O–H groups in total. The zero-order valence-electron chi connectivity index (χ0n) is 11.2. The van der Waals surface area contributed by atoms with Crippen LogP contribution in [0.3, 0.4) is 0 Å². The number of unbranched alkanes of at least 4 members (excludes halogenated alkanes) is 2. The Morgan fingerprint density at radius 3 is 2.94 bits per heavy atom. The lowest BCUT2D eigenvalue weighted by Crippen LogP contribution is -2.25. The van der Waals surface area contributed by atoms with Crippen molar-refractivity contribution < 1.29 is 14.6 Å². The summed E-state index contributed by atoms with van der Waals surface area (Å²) in [5.41, 5.74) is 0.877. The fraction of sp³-hybridized carbons (Fsp3) is 0.600. The number of benzene rings is 1. The van der Waals surface area contributed by atoms with Gasteiger partial charge in [-0.1, -0.05) is 19.8 Å². The van der Waals surface area contributed by atoms with E-state index in [-0.39, 0.29) is 6.10 Å². The third kappa shape index (κ3) is 2.96. The van der Waals surface area contributed by atoms with E-state index in [0.29, 0.717) is 6.42 Å². The van der Waals surface area contributed by atoms with Crippen LogP contribution in [0.5, 0.6) is 11.5 Å². The fourth-order valence-corrected chi connectivity index (χ4v) is 2.42. The molecule has 1 heterocycles. The Balaban J connectivity index is 2.06. The molecule has 100 valence electrons. The van der Waals surface area contributed by atoms with Gasteiger partial charge in [0.25, 0.3) is 0 Å². The molecule has 1 aromatic rings. The normalized spacial score (nSPS) is 22.2. The van der Waals surface area contributed by atoms with E-state index in [1.165, 1.54) is 12.8 Å². The summed E-state index contributed by atoms with van der Waals surface area (Å²) < 4.78 is 11.1. The minimum atomic E-state index is -0.411. The van der Waals surface area contributed by atoms with E-state index in [1.807, 2.05) is 18.2 Å². The van der Waals surface area contributed by atoms with Crippen molar-refractivity contribution >= 4 is 0 Å². The number of aliphatic hydroxyl groups is 1. The van der Waals surface area contributed by atoms with Crippen molar-refractivity contribution in [2.45, 2.75) is 51.2 Å². The SMILES string of the molecule is CCCCCC1C[C@H](O)c2ccc(OC)cc2O1. The van der Waals surface area contributed by atoms with Gasteiger partial charge in [-0.2, -0.15) is 0 Å². The largest absolute Gasteiger partial charge is 0.497 e. The van der Waals surface area contributed by atoms with E-state index in [0.717, 1.165) is 29.9 Å². The zero-order chi connectivity index (χ0) is 13.0. The molecule has 0 radical (unpaired) electrons. The number of hydrogen-bond acceptors (Lipinski definition) is 3. The van der Waals surface area contributed by atoms with E-state index < -0.39 is 6.10 Å². The molecule has 3 nitrogen and oxygen atoms in total. The van der Waals surface area contributed by atoms with E-state index in [4.69, 9.17) is 9.47 Å². The molecule has 18 heavy (non-hydrogen) atoms. The van der Waals surface area contributed by atoms with Gasteiger partial charge in [0.15, 0.2) is 0 Å². The molecular formula is C15H22O3. The van der Waals surface area contributed by atoms with Crippen molar-refractivity contribution in [3.63, 3.8) is 0 Å². The van der Waals surface area contributed by atoms with Crippen molar-refractivity contribution in [2.75, 3.05) is 7.11 Å². The number of rotatable bonds is 5. The minimum absolute atomic E-state index is 0.131. The second kappa shape index (κ2) is 6.10. The van der Waals surface area contributed by atoms with Gasteiger partial charge >= 0.3 is 0 Å². The van der Waals surface area contributed by atoms with Gasteiger partial charge in [-0.3, -0.25) is 0 Å². The molecule has 0 aliphatic carbocycles. The van der Waals surface area contributed by atoms with Gasteiger partial charge in [-0.05, 0) is 25.0 Å². The van der Waals surface area contributed by atoms with Crippen LogP contribution in [0.4, 0.5) is 0 Å². The second-order valence-electron chi connectivity index (χ2n) is 4.89. The maximum atomic E-state index is 10.1. The summed E-state index contributed by atoms with van der Waals surface area (Å²) in [4.78, 5) is 0. The molecule has 2 atom stereocenters. The highest BCUT2D eigenvalue weighted by atomic mass is 16.5. The van der Waals surface area contributed by atoms with Gasteiger partial charge in [-0.15, -0.1) is 0 Å². The van der Waals surface area contributed by atoms with Crippen LogP contribution in [-0.2, 0) is 0 Å². The summed E-state index contributed by atoms with van der Waals surface area (Å²) >= 11 is 0. The number of fused-ring (bicyclic) bond motifs is 1. The lowest BCUT2D eigenvalue weighted by atomic mass is 9.96. The van der Waals surface area contributed by atoms with Crippen LogP contribution in [0.1, 0.15) is 50.7 Å². The predicted molar refractivity (Wildman–Crippen MR) is 71.1 cm³/mol. The van der Waals surface area contributed by atoms with Gasteiger partial charge < -0.3 is 14.6 Å². The zero-order valence-corrected chi connectivity index (χ0v) is 11.2. The monoisotopic (exact) mass is 250 g/mol. The molecule has 1 aromatic carbocycles. The van der Waals surface area contributed by atoms with E-state index in [2.05, 4.69) is 6.92 Å². The van der Waals surface area contributed by atoms with Crippen molar-refractivity contribution in [1.82, 2.24) is 0 Å². The van der Waals surface area contributed by atoms with Crippen LogP contribution < -0.4 is 9.47 Å². The maximum absolute atomic E-state index is 10.1. The van der Waals surface area contributed by atoms with Gasteiger partial charge in [0.2, 0.25) is 0 Å². The van der Waals surface area contributed by atoms with Crippen LogP contribution in [0.15, 0.2) is 18.2 Å². The molecular weight excluding hydrogens is 228 g/mol. The number of methoxy groups -OCH3 is 1. The Morgan fingerprint density at radius 1 is 1.39 bits per heavy atom. The van der Waals surface area contributed by atoms with Crippen LogP contribution in [0.2, 0.25) is 0 Å². The van der Waals surface area contributed by atoms with Crippen molar-refractivity contribution in [3.05, 3.63) is 23.8 Å². The molecule has 2 rings (SSSR count). The summed E-state index contributed by atoms with van der Waals surface area (Å²) in [6.07, 6.45) is 5.02. The first kappa shape index (κ1) is 13.2. The number of aliphatic hydroxyl groups excluding tert-OH is 1. The number of hydrogen-bond donors (Lipinski definition) is 1. The first-order valence-electron chi connectivity index (χ1n) is 6.77. The first-order chi connectivity index (χ1) is 8.74. The molecule has 1 aliphatic heterocycles. The highest BCUT2D eigenvalue weighted by Crippen LogP contribution is 2.38. The maximum Gasteiger partial charge on any atom is 0.129 e. The fourth-order valence-electron chi connectivity index (χ4n) is 2.42. The van der Waals surface area contributed by atoms with Gasteiger partial charge in [0, 0.05) is 18.1 Å². The molecule has 0 saturated carbocycles. The highest BCUT2D eigenvalue weighted by Gasteiger charge is 2.26. The van der Waals surface area contributed by atoms with Crippen molar-refractivity contribution in [2.24, 2.45) is 0 Å². The molecule has 3 heteroatoms. The van der Waals surface area contributed by atoms with Crippen LogP contribution in [-0.4, -0.2) is 18.3 Å². The summed E-state index contributed by atoms with van der Waals surface area (Å²) in [6, 6.07) is 5.62. The third-order valence-corrected chi connectivity index (χ3v) is 3.49. The second-order valence-corrected chi connectivity index (χ2v) is 4.89. The molecule has 0 bridgehead atoms. The quantitative estimate of drug-likeness (QED) is 0.813. The van der Waals surface area contributed by atoms with Gasteiger partial charge in [-0.25, -0.2) is 0 Å². The van der Waals surface area contributed by atoms with Crippen LogP contribution in [0, 0.1) is 0 Å². The summed E-state index contributed by atoms with van der Waals surface area (Å²) in [7, 11) is 1.64. The summed E-state index contributed by atoms with van der Waals surface area (Å²) in [6.45, 7) is 2.19. The average Bonchev–Trinajstić information content (AvgIpc) is 2.38. The molecule has 0 amide bonds. The molecule has 0 fully saturated rings. The van der Waals surface area contributed by atoms with Gasteiger partial charge in [0.1, 0.15) is 17.6 Å². The molecule has 1 aliphatic rings. The lowest BCUT2D eigenvalue weighted by molar-refractivity contribution is 0.0603. The standard InChI is InChI=1S/C15H22O3/c1-3-4-5-6-12-9-14(16)13-8-7-11(17-2)10-15(13)18-12/h7-8,10,12,14,16H,3-6,9H2,1-2H3/t12?,14-/m0/s1. The number of ether oxygens (including phenoxy) is 2. The molecule has 0 spiro atoms. The Kier molecular flexibility index (Phi) is 4.48. The highest BCUT2D eigenvalue weighted by molar-refractivity contribution is 5.43. The van der Waals surface area contributed by atoms with Crippen LogP contribution >= 0.6 is 0 Å². The third-order valence-electron chi connectivity index (χ3n) is 3.49. The summed E-state index contributed by atoms with van der Waals surface area (Å²) in [5, 5.41) is 10.1. The van der Waals surface area contributed by atoms with Gasteiger partial charge in [0.05, 0.1) is 13.2 Å². The molecule has 0 saturated heterocycles. The average molecular weight is 250 g/mol. The molecule has 1 unspecified atom stereocenters. The lowest BCUT2D eigenvalue weighted by Gasteiger charge is -2.30. The summed E-state index contributed by atoms with van der Waals surface area (Å²) in [5.74, 6) is 1.55. The van der Waals surface area contributed by atoms with Crippen molar-refractivity contribution in [1.29, 1.82) is 0 Å². The Morgan fingerprint density at radius 2 is 2.22 bits per heavy atom. The smallest absolute Gasteiger partial charge is 0.129 e. The predicted octanol–water partition coefficient (Wildman–Crippen LogP) is 3.46. The Hall–Kier alpha value is -1.22. The van der Waals surface area contributed by atoms with E-state index in [9.17, 15) is 5.11 Å². The van der Waals surface area contributed by atoms with Crippen LogP contribution in [0.25, 0.3) is 0 Å². The minimum Gasteiger partial charge on any atom is -0.497 e. The van der Waals surface area contributed by atoms with E-state index >= 15 is 0 Å². The van der Waals surface area contributed by atoms with E-state index in [1.54, 1.807) is 7.11 Å². The molecule has 0 aromatic heterocycles. The Bertz CT molecular complexity index is 389. The first-order valence-corrected chi connectivity index (χ1v) is 6.77. The topological polar surface area (TPSA) is 38.7 Å².